The molecule has 9 heteroatoms. The molecule has 0 unspecified atom stereocenters. The Balaban J connectivity index is 1.48. The zero-order valence-electron chi connectivity index (χ0n) is 16.8. The minimum atomic E-state index is -0.585. The van der Waals surface area contributed by atoms with Gasteiger partial charge in [0, 0.05) is 37.5 Å². The molecule has 0 aliphatic carbocycles. The third-order valence-corrected chi connectivity index (χ3v) is 5.64. The van der Waals surface area contributed by atoms with E-state index in [0.717, 1.165) is 4.88 Å². The van der Waals surface area contributed by atoms with Crippen LogP contribution in [-0.2, 0) is 14.3 Å². The van der Waals surface area contributed by atoms with E-state index in [2.05, 4.69) is 10.6 Å². The number of hydrogen-bond donors (Lipinski definition) is 2. The number of nitrogens with one attached hydrogen (secondary N) is 2. The molecule has 1 aliphatic heterocycles. The number of carbonyl (C=O) groups excluding carboxylic acids is 3. The van der Waals surface area contributed by atoms with Gasteiger partial charge in [0.05, 0.1) is 11.5 Å². The fourth-order valence-corrected chi connectivity index (χ4v) is 3.88. The summed E-state index contributed by atoms with van der Waals surface area (Å²) in [6.45, 7) is 1.60. The quantitative estimate of drug-likeness (QED) is 0.655. The monoisotopic (exact) mass is 431 g/mol. The standard InChI is InChI=1S/C21H25N3O5S/c1-28-11-12-29-21(27)23-17-5-2-4-16(14-17)22-19(25)15-7-9-24(10-8-15)20(26)18-6-3-13-30-18/h2-6,13-15H,7-12H2,1H3,(H,22,25)(H,23,27). The van der Waals surface area contributed by atoms with Crippen LogP contribution in [0.2, 0.25) is 0 Å². The van der Waals surface area contributed by atoms with Gasteiger partial charge in [-0.25, -0.2) is 4.79 Å². The second kappa shape index (κ2) is 10.7. The van der Waals surface area contributed by atoms with Gasteiger partial charge in [-0.05, 0) is 42.5 Å². The summed E-state index contributed by atoms with van der Waals surface area (Å²) >= 11 is 1.43. The van der Waals surface area contributed by atoms with Crippen LogP contribution < -0.4 is 10.6 Å². The maximum atomic E-state index is 12.6. The Morgan fingerprint density at radius 3 is 2.47 bits per heavy atom. The van der Waals surface area contributed by atoms with Crippen LogP contribution in [-0.4, -0.2) is 56.2 Å². The molecule has 8 nitrogen and oxygen atoms in total. The van der Waals surface area contributed by atoms with E-state index in [1.54, 1.807) is 29.2 Å². The molecule has 1 fully saturated rings. The van der Waals surface area contributed by atoms with Gasteiger partial charge in [0.15, 0.2) is 0 Å². The maximum Gasteiger partial charge on any atom is 0.411 e. The van der Waals surface area contributed by atoms with E-state index in [4.69, 9.17) is 9.47 Å². The molecular weight excluding hydrogens is 406 g/mol. The van der Waals surface area contributed by atoms with Crippen LogP contribution in [0, 0.1) is 5.92 Å². The highest BCUT2D eigenvalue weighted by atomic mass is 32.1. The van der Waals surface area contributed by atoms with Crippen molar-refractivity contribution < 1.29 is 23.9 Å². The third-order valence-electron chi connectivity index (χ3n) is 4.78. The van der Waals surface area contributed by atoms with Crippen molar-refractivity contribution in [3.63, 3.8) is 0 Å². The van der Waals surface area contributed by atoms with Crippen molar-refractivity contribution in [2.75, 3.05) is 44.0 Å². The average Bonchev–Trinajstić information content (AvgIpc) is 3.29. The predicted octanol–water partition coefficient (Wildman–Crippen LogP) is 3.43. The molecule has 2 heterocycles. The number of nitrogens with zero attached hydrogens (tertiary/aromatic N) is 1. The lowest BCUT2D eigenvalue weighted by Gasteiger charge is -2.31. The van der Waals surface area contributed by atoms with Gasteiger partial charge < -0.3 is 19.7 Å². The molecule has 3 amide bonds. The van der Waals surface area contributed by atoms with Gasteiger partial charge in [-0.2, -0.15) is 0 Å². The lowest BCUT2D eigenvalue weighted by molar-refractivity contribution is -0.121. The highest BCUT2D eigenvalue weighted by molar-refractivity contribution is 7.12. The first-order valence-electron chi connectivity index (χ1n) is 9.73. The molecule has 1 aromatic heterocycles. The molecule has 1 saturated heterocycles. The van der Waals surface area contributed by atoms with Crippen LogP contribution in [0.15, 0.2) is 41.8 Å². The summed E-state index contributed by atoms with van der Waals surface area (Å²) in [4.78, 5) is 39.3. The summed E-state index contributed by atoms with van der Waals surface area (Å²) in [5, 5.41) is 7.40. The molecule has 0 bridgehead atoms. The van der Waals surface area contributed by atoms with Crippen LogP contribution in [0.5, 0.6) is 0 Å². The first-order chi connectivity index (χ1) is 14.6. The zero-order chi connectivity index (χ0) is 21.3. The Bertz CT molecular complexity index is 863. The highest BCUT2D eigenvalue weighted by Gasteiger charge is 2.28. The Morgan fingerprint density at radius 1 is 1.07 bits per heavy atom. The number of carbonyl (C=O) groups is 3. The van der Waals surface area contributed by atoms with E-state index in [9.17, 15) is 14.4 Å². The van der Waals surface area contributed by atoms with Gasteiger partial charge >= 0.3 is 6.09 Å². The Labute approximate surface area is 179 Å². The van der Waals surface area contributed by atoms with Gasteiger partial charge in [-0.1, -0.05) is 12.1 Å². The van der Waals surface area contributed by atoms with Crippen LogP contribution in [0.3, 0.4) is 0 Å². The topological polar surface area (TPSA) is 97.0 Å². The SMILES string of the molecule is COCCOC(=O)Nc1cccc(NC(=O)C2CCN(C(=O)c3cccs3)CC2)c1. The molecule has 0 spiro atoms. The van der Waals surface area contributed by atoms with Crippen LogP contribution in [0.4, 0.5) is 16.2 Å². The van der Waals surface area contributed by atoms with Crippen LogP contribution in [0.25, 0.3) is 0 Å². The van der Waals surface area contributed by atoms with Gasteiger partial charge in [0.2, 0.25) is 5.91 Å². The molecule has 1 aromatic carbocycles. The Hall–Kier alpha value is -2.91. The van der Waals surface area contributed by atoms with Gasteiger partial charge in [-0.15, -0.1) is 11.3 Å². The number of hydrogen-bond acceptors (Lipinski definition) is 6. The van der Waals surface area contributed by atoms with E-state index in [1.807, 2.05) is 17.5 Å². The fraction of sp³-hybridized carbons (Fsp3) is 0.381. The number of piperidine rings is 1. The van der Waals surface area contributed by atoms with Crippen molar-refractivity contribution >= 4 is 40.6 Å². The summed E-state index contributed by atoms with van der Waals surface area (Å²) < 4.78 is 9.79. The lowest BCUT2D eigenvalue weighted by atomic mass is 9.95. The smallest absolute Gasteiger partial charge is 0.411 e. The van der Waals surface area contributed by atoms with Gasteiger partial charge in [0.25, 0.3) is 5.91 Å². The van der Waals surface area contributed by atoms with Gasteiger partial charge in [0.1, 0.15) is 6.61 Å². The predicted molar refractivity (Wildman–Crippen MR) is 115 cm³/mol. The number of benzene rings is 1. The van der Waals surface area contributed by atoms with Crippen LogP contribution >= 0.6 is 11.3 Å². The summed E-state index contributed by atoms with van der Waals surface area (Å²) in [6.07, 6.45) is 0.651. The molecule has 2 N–H and O–H groups in total. The second-order valence-electron chi connectivity index (χ2n) is 6.87. The fourth-order valence-electron chi connectivity index (χ4n) is 3.19. The number of ether oxygens (including phenoxy) is 2. The third kappa shape index (κ3) is 6.04. The van der Waals surface area contributed by atoms with Crippen molar-refractivity contribution in [3.8, 4) is 0 Å². The summed E-state index contributed by atoms with van der Waals surface area (Å²) in [6, 6.07) is 10.6. The van der Waals surface area contributed by atoms with E-state index in [1.165, 1.54) is 18.4 Å². The number of rotatable bonds is 7. The summed E-state index contributed by atoms with van der Waals surface area (Å²) in [7, 11) is 1.53. The number of likely N-dealkylation sites (tertiary alicyclic amines) is 1. The van der Waals surface area contributed by atoms with Gasteiger partial charge in [-0.3, -0.25) is 14.9 Å². The first kappa shape index (κ1) is 21.8. The molecule has 0 atom stereocenters. The Kier molecular flexibility index (Phi) is 7.81. The van der Waals surface area contributed by atoms with E-state index in [0.29, 0.717) is 43.9 Å². The molecular formula is C21H25N3O5S. The molecule has 3 rings (SSSR count). The van der Waals surface area contributed by atoms with Crippen molar-refractivity contribution in [3.05, 3.63) is 46.7 Å². The lowest BCUT2D eigenvalue weighted by Crippen LogP contribution is -2.41. The molecule has 2 aromatic rings. The maximum absolute atomic E-state index is 12.6. The normalized spacial score (nSPS) is 14.2. The number of amides is 3. The van der Waals surface area contributed by atoms with E-state index < -0.39 is 6.09 Å². The van der Waals surface area contributed by atoms with Crippen molar-refractivity contribution in [1.29, 1.82) is 0 Å². The first-order valence-corrected chi connectivity index (χ1v) is 10.6. The molecule has 30 heavy (non-hydrogen) atoms. The molecule has 0 radical (unpaired) electrons. The number of anilines is 2. The zero-order valence-corrected chi connectivity index (χ0v) is 17.6. The largest absolute Gasteiger partial charge is 0.447 e. The second-order valence-corrected chi connectivity index (χ2v) is 7.82. The highest BCUT2D eigenvalue weighted by Crippen LogP contribution is 2.23. The number of methoxy groups -OCH3 is 1. The Morgan fingerprint density at radius 2 is 1.80 bits per heavy atom. The molecule has 0 saturated carbocycles. The molecule has 1 aliphatic rings. The van der Waals surface area contributed by atoms with Crippen molar-refractivity contribution in [2.24, 2.45) is 5.92 Å². The van der Waals surface area contributed by atoms with Crippen molar-refractivity contribution in [2.45, 2.75) is 12.8 Å². The number of thiophene rings is 1. The summed E-state index contributed by atoms with van der Waals surface area (Å²) in [5.74, 6) is -0.217. The van der Waals surface area contributed by atoms with Crippen molar-refractivity contribution in [1.82, 2.24) is 4.90 Å². The average molecular weight is 432 g/mol. The van der Waals surface area contributed by atoms with Crippen LogP contribution in [0.1, 0.15) is 22.5 Å². The van der Waals surface area contributed by atoms with E-state index in [-0.39, 0.29) is 24.3 Å². The minimum absolute atomic E-state index is 0.0278. The summed E-state index contributed by atoms with van der Waals surface area (Å²) in [5.41, 5.74) is 1.11. The van der Waals surface area contributed by atoms with E-state index >= 15 is 0 Å². The minimum Gasteiger partial charge on any atom is -0.447 e. The molecule has 160 valence electrons.